The topological polar surface area (TPSA) is 81.9 Å². The quantitative estimate of drug-likeness (QED) is 0.347. The second kappa shape index (κ2) is 11.1. The summed E-state index contributed by atoms with van der Waals surface area (Å²) in [4.78, 5) is 35.9. The number of carbonyl (C=O) groups is 1. The molecule has 0 radical (unpaired) electrons. The third kappa shape index (κ3) is 5.25. The molecule has 4 heterocycles. The average Bonchev–Trinajstić information content (AvgIpc) is 3.48. The fraction of sp³-hybridized carbons (Fsp3) is 0.300. The lowest BCUT2D eigenvalue weighted by Crippen LogP contribution is -2.47. The number of aromatic carboxylic acids is 1. The predicted molar refractivity (Wildman–Crippen MR) is 155 cm³/mol. The van der Waals surface area contributed by atoms with Crippen LogP contribution in [0.3, 0.4) is 0 Å². The van der Waals surface area contributed by atoms with Gasteiger partial charge in [0.2, 0.25) is 5.43 Å². The Bertz CT molecular complexity index is 1660. The van der Waals surface area contributed by atoms with Crippen molar-refractivity contribution in [3.05, 3.63) is 93.0 Å². The van der Waals surface area contributed by atoms with Gasteiger partial charge in [-0.1, -0.05) is 11.6 Å². The standard InChI is InChI=1S/C30H28ClF2N5O3/c31-26-27-23(15-25(33)28(26)37-13-11-36(12-14-37)21-6-3-19(32)4-7-21)29(39)24(30(40)41)18-38(27)22-8-5-20(34-16-22)17-35-9-1-2-10-35/h3-8,15-16,18H,1-2,9-14,17H2,(H,40,41). The first-order valence-corrected chi connectivity index (χ1v) is 13.9. The van der Waals surface area contributed by atoms with Crippen molar-refractivity contribution in [3.63, 3.8) is 0 Å². The maximum atomic E-state index is 15.6. The van der Waals surface area contributed by atoms with Crippen molar-refractivity contribution in [1.82, 2.24) is 14.5 Å². The molecule has 6 rings (SSSR count). The molecule has 2 aromatic heterocycles. The van der Waals surface area contributed by atoms with Gasteiger partial charge in [0, 0.05) is 44.6 Å². The van der Waals surface area contributed by atoms with Gasteiger partial charge in [0.15, 0.2) is 0 Å². The van der Waals surface area contributed by atoms with E-state index in [1.807, 2.05) is 11.0 Å². The molecule has 0 aliphatic carbocycles. The van der Waals surface area contributed by atoms with Gasteiger partial charge < -0.3 is 19.5 Å². The Hall–Kier alpha value is -4.02. The van der Waals surface area contributed by atoms with E-state index in [4.69, 9.17) is 11.6 Å². The molecule has 0 spiro atoms. The second-order valence-electron chi connectivity index (χ2n) is 10.4. The Kier molecular flexibility index (Phi) is 7.35. The van der Waals surface area contributed by atoms with Gasteiger partial charge >= 0.3 is 5.97 Å². The van der Waals surface area contributed by atoms with Crippen molar-refractivity contribution in [3.8, 4) is 5.69 Å². The summed E-state index contributed by atoms with van der Waals surface area (Å²) >= 11 is 6.88. The van der Waals surface area contributed by atoms with Gasteiger partial charge in [-0.25, -0.2) is 13.6 Å². The Morgan fingerprint density at radius 3 is 2.22 bits per heavy atom. The van der Waals surface area contributed by atoms with Crippen LogP contribution in [0.2, 0.25) is 5.02 Å². The monoisotopic (exact) mass is 579 g/mol. The molecular formula is C30H28ClF2N5O3. The van der Waals surface area contributed by atoms with Crippen LogP contribution in [0, 0.1) is 11.6 Å². The van der Waals surface area contributed by atoms with Crippen LogP contribution in [0.4, 0.5) is 20.2 Å². The number of benzene rings is 2. The first-order valence-electron chi connectivity index (χ1n) is 13.5. The van der Waals surface area contributed by atoms with Gasteiger partial charge in [0.05, 0.1) is 39.2 Å². The van der Waals surface area contributed by atoms with Gasteiger partial charge in [-0.3, -0.25) is 14.7 Å². The Balaban J connectivity index is 1.38. The van der Waals surface area contributed by atoms with E-state index in [9.17, 15) is 19.1 Å². The highest BCUT2D eigenvalue weighted by atomic mass is 35.5. The van der Waals surface area contributed by atoms with Crippen LogP contribution in [0.1, 0.15) is 28.9 Å². The summed E-state index contributed by atoms with van der Waals surface area (Å²) in [5.74, 6) is -2.43. The van der Waals surface area contributed by atoms with Crippen LogP contribution >= 0.6 is 11.6 Å². The van der Waals surface area contributed by atoms with Crippen LogP contribution in [-0.4, -0.2) is 64.8 Å². The zero-order valence-electron chi connectivity index (χ0n) is 22.2. The molecule has 41 heavy (non-hydrogen) atoms. The summed E-state index contributed by atoms with van der Waals surface area (Å²) < 4.78 is 30.5. The minimum absolute atomic E-state index is 0.0189. The predicted octanol–water partition coefficient (Wildman–Crippen LogP) is 4.94. The molecule has 0 atom stereocenters. The highest BCUT2D eigenvalue weighted by Crippen LogP contribution is 2.37. The number of fused-ring (bicyclic) bond motifs is 1. The number of hydrogen-bond donors (Lipinski definition) is 1. The number of likely N-dealkylation sites (tertiary alicyclic amines) is 1. The summed E-state index contributed by atoms with van der Waals surface area (Å²) in [5, 5.41) is 9.63. The zero-order chi connectivity index (χ0) is 28.7. The van der Waals surface area contributed by atoms with Gasteiger partial charge in [0.25, 0.3) is 0 Å². The summed E-state index contributed by atoms with van der Waals surface area (Å²) in [5.41, 5.74) is 1.30. The molecule has 1 N–H and O–H groups in total. The number of aromatic nitrogens is 2. The summed E-state index contributed by atoms with van der Waals surface area (Å²) in [7, 11) is 0. The van der Waals surface area contributed by atoms with E-state index in [1.54, 1.807) is 24.4 Å². The Morgan fingerprint density at radius 2 is 1.59 bits per heavy atom. The van der Waals surface area contributed by atoms with Gasteiger partial charge in [-0.2, -0.15) is 0 Å². The number of carboxylic acids is 1. The number of carboxylic acid groups (broad SMARTS) is 1. The van der Waals surface area contributed by atoms with Crippen LogP contribution in [0.15, 0.2) is 59.7 Å². The molecule has 4 aromatic rings. The highest BCUT2D eigenvalue weighted by Gasteiger charge is 2.27. The first kappa shape index (κ1) is 27.2. The van der Waals surface area contributed by atoms with Gasteiger partial charge in [-0.15, -0.1) is 0 Å². The summed E-state index contributed by atoms with van der Waals surface area (Å²) in [6.45, 7) is 4.73. The molecule has 2 saturated heterocycles. The third-order valence-corrected chi connectivity index (χ3v) is 8.20. The van der Waals surface area contributed by atoms with Crippen molar-refractivity contribution in [2.24, 2.45) is 0 Å². The molecule has 11 heteroatoms. The van der Waals surface area contributed by atoms with E-state index in [2.05, 4.69) is 14.8 Å². The number of anilines is 2. The van der Waals surface area contributed by atoms with E-state index in [0.29, 0.717) is 38.4 Å². The molecule has 2 aliphatic heterocycles. The maximum Gasteiger partial charge on any atom is 0.341 e. The molecule has 212 valence electrons. The number of hydrogen-bond acceptors (Lipinski definition) is 6. The molecule has 8 nitrogen and oxygen atoms in total. The Labute approximate surface area is 240 Å². The zero-order valence-corrected chi connectivity index (χ0v) is 22.9. The summed E-state index contributed by atoms with van der Waals surface area (Å²) in [6, 6.07) is 11.0. The number of nitrogens with zero attached hydrogens (tertiary/aromatic N) is 5. The van der Waals surface area contributed by atoms with Crippen molar-refractivity contribution < 1.29 is 18.7 Å². The lowest BCUT2D eigenvalue weighted by atomic mass is 10.1. The average molecular weight is 580 g/mol. The molecule has 0 bridgehead atoms. The molecule has 0 unspecified atom stereocenters. The number of rotatable bonds is 6. The fourth-order valence-corrected chi connectivity index (χ4v) is 6.12. The molecular weight excluding hydrogens is 552 g/mol. The van der Waals surface area contributed by atoms with Crippen molar-refractivity contribution >= 4 is 39.8 Å². The van der Waals surface area contributed by atoms with Crippen LogP contribution in [-0.2, 0) is 6.54 Å². The van der Waals surface area contributed by atoms with Crippen molar-refractivity contribution in [2.45, 2.75) is 19.4 Å². The lowest BCUT2D eigenvalue weighted by Gasteiger charge is -2.38. The number of halogens is 3. The van der Waals surface area contributed by atoms with Crippen molar-refractivity contribution in [1.29, 1.82) is 0 Å². The van der Waals surface area contributed by atoms with Crippen LogP contribution in [0.5, 0.6) is 0 Å². The largest absolute Gasteiger partial charge is 0.477 e. The minimum Gasteiger partial charge on any atom is -0.477 e. The van der Waals surface area contributed by atoms with E-state index in [-0.39, 0.29) is 27.4 Å². The van der Waals surface area contributed by atoms with E-state index >= 15 is 4.39 Å². The van der Waals surface area contributed by atoms with E-state index < -0.39 is 22.8 Å². The molecule has 0 amide bonds. The van der Waals surface area contributed by atoms with Gasteiger partial charge in [0.1, 0.15) is 17.2 Å². The highest BCUT2D eigenvalue weighted by molar-refractivity contribution is 6.38. The van der Waals surface area contributed by atoms with Crippen molar-refractivity contribution in [2.75, 3.05) is 49.1 Å². The molecule has 2 fully saturated rings. The lowest BCUT2D eigenvalue weighted by molar-refractivity contribution is 0.0695. The summed E-state index contributed by atoms with van der Waals surface area (Å²) in [6.07, 6.45) is 5.17. The SMILES string of the molecule is O=C(O)c1cn(-c2ccc(CN3CCCC3)nc2)c2c(Cl)c(N3CCN(c4ccc(F)cc4)CC3)c(F)cc2c1=O. The number of pyridine rings is 2. The maximum absolute atomic E-state index is 15.6. The molecule has 2 aromatic carbocycles. The molecule has 0 saturated carbocycles. The fourth-order valence-electron chi connectivity index (χ4n) is 5.71. The first-order chi connectivity index (χ1) is 19.8. The van der Waals surface area contributed by atoms with E-state index in [1.165, 1.54) is 22.9 Å². The van der Waals surface area contributed by atoms with Gasteiger partial charge in [-0.05, 0) is 68.4 Å². The minimum atomic E-state index is -1.42. The smallest absolute Gasteiger partial charge is 0.341 e. The molecule has 2 aliphatic rings. The normalized spacial score (nSPS) is 16.1. The van der Waals surface area contributed by atoms with Crippen LogP contribution < -0.4 is 15.2 Å². The Morgan fingerprint density at radius 1 is 0.927 bits per heavy atom. The second-order valence-corrected chi connectivity index (χ2v) is 10.8. The van der Waals surface area contributed by atoms with E-state index in [0.717, 1.165) is 43.4 Å². The third-order valence-electron chi connectivity index (χ3n) is 7.85. The number of piperazine rings is 1. The van der Waals surface area contributed by atoms with Crippen LogP contribution in [0.25, 0.3) is 16.6 Å².